The lowest BCUT2D eigenvalue weighted by Gasteiger charge is -2.20. The number of rotatable bonds is 3. The van der Waals surface area contributed by atoms with E-state index in [9.17, 15) is 4.79 Å². The molecule has 0 radical (unpaired) electrons. The maximum absolute atomic E-state index is 12.7. The summed E-state index contributed by atoms with van der Waals surface area (Å²) in [6.07, 6.45) is 7.15. The molecule has 3 aromatic rings. The fourth-order valence-corrected chi connectivity index (χ4v) is 3.42. The number of carbonyl (C=O) groups excluding carboxylic acids is 1. The molecule has 3 heterocycles. The van der Waals surface area contributed by atoms with Gasteiger partial charge in [-0.2, -0.15) is 0 Å². The molecule has 0 saturated carbocycles. The SMILES string of the molecule is O=C(Cc1ccccc1)N1CCc2ncnc(-c3ccncc3)c2CC1. The Kier molecular flexibility index (Phi) is 4.69. The molecule has 1 aliphatic heterocycles. The molecule has 5 heteroatoms. The summed E-state index contributed by atoms with van der Waals surface area (Å²) in [5.41, 5.74) is 5.24. The minimum atomic E-state index is 0.169. The van der Waals surface area contributed by atoms with Crippen LogP contribution in [0.3, 0.4) is 0 Å². The van der Waals surface area contributed by atoms with Gasteiger partial charge in [-0.25, -0.2) is 9.97 Å². The molecule has 0 atom stereocenters. The molecule has 130 valence electrons. The lowest BCUT2D eigenvalue weighted by Crippen LogP contribution is -2.34. The fraction of sp³-hybridized carbons (Fsp3) is 0.238. The summed E-state index contributed by atoms with van der Waals surface area (Å²) in [4.78, 5) is 27.7. The summed E-state index contributed by atoms with van der Waals surface area (Å²) < 4.78 is 0. The number of benzene rings is 1. The Morgan fingerprint density at radius 2 is 1.73 bits per heavy atom. The highest BCUT2D eigenvalue weighted by Gasteiger charge is 2.22. The van der Waals surface area contributed by atoms with Crippen molar-refractivity contribution in [3.8, 4) is 11.3 Å². The van der Waals surface area contributed by atoms with E-state index in [1.54, 1.807) is 18.7 Å². The van der Waals surface area contributed by atoms with Gasteiger partial charge >= 0.3 is 0 Å². The van der Waals surface area contributed by atoms with E-state index in [0.717, 1.165) is 40.9 Å². The zero-order valence-corrected chi connectivity index (χ0v) is 14.5. The van der Waals surface area contributed by atoms with Crippen LogP contribution in [0, 0.1) is 0 Å². The van der Waals surface area contributed by atoms with Gasteiger partial charge in [0.05, 0.1) is 12.1 Å². The highest BCUT2D eigenvalue weighted by atomic mass is 16.2. The second-order valence-electron chi connectivity index (χ2n) is 6.43. The molecule has 0 spiro atoms. The number of pyridine rings is 1. The van der Waals surface area contributed by atoms with Crippen LogP contribution < -0.4 is 0 Å². The van der Waals surface area contributed by atoms with Gasteiger partial charge in [0, 0.05) is 48.7 Å². The van der Waals surface area contributed by atoms with Crippen molar-refractivity contribution in [1.82, 2.24) is 19.9 Å². The Morgan fingerprint density at radius 1 is 0.962 bits per heavy atom. The zero-order chi connectivity index (χ0) is 17.8. The lowest BCUT2D eigenvalue weighted by molar-refractivity contribution is -0.130. The second-order valence-corrected chi connectivity index (χ2v) is 6.43. The van der Waals surface area contributed by atoms with Crippen LogP contribution in [-0.4, -0.2) is 38.8 Å². The normalized spacial score (nSPS) is 13.8. The third-order valence-corrected chi connectivity index (χ3v) is 4.79. The summed E-state index contributed by atoms with van der Waals surface area (Å²) in [7, 11) is 0. The van der Waals surface area contributed by atoms with Crippen molar-refractivity contribution in [1.29, 1.82) is 0 Å². The summed E-state index contributed by atoms with van der Waals surface area (Å²) in [6, 6.07) is 13.8. The van der Waals surface area contributed by atoms with E-state index in [2.05, 4.69) is 15.0 Å². The van der Waals surface area contributed by atoms with Gasteiger partial charge in [0.2, 0.25) is 5.91 Å². The topological polar surface area (TPSA) is 59.0 Å². The first-order chi connectivity index (χ1) is 12.8. The molecule has 2 aromatic heterocycles. The molecule has 5 nitrogen and oxygen atoms in total. The van der Waals surface area contributed by atoms with Gasteiger partial charge in [-0.1, -0.05) is 30.3 Å². The van der Waals surface area contributed by atoms with Crippen molar-refractivity contribution in [3.05, 3.63) is 78.0 Å². The molecular formula is C21H20N4O. The minimum absolute atomic E-state index is 0.169. The summed E-state index contributed by atoms with van der Waals surface area (Å²) >= 11 is 0. The molecule has 0 saturated heterocycles. The number of fused-ring (bicyclic) bond motifs is 1. The monoisotopic (exact) mass is 344 g/mol. The van der Waals surface area contributed by atoms with Crippen molar-refractivity contribution in [3.63, 3.8) is 0 Å². The van der Waals surface area contributed by atoms with Crippen molar-refractivity contribution in [2.24, 2.45) is 0 Å². The molecule has 1 aromatic carbocycles. The average molecular weight is 344 g/mol. The van der Waals surface area contributed by atoms with Gasteiger partial charge in [0.15, 0.2) is 0 Å². The van der Waals surface area contributed by atoms with Gasteiger partial charge in [-0.3, -0.25) is 9.78 Å². The molecule has 1 aliphatic rings. The van der Waals surface area contributed by atoms with E-state index in [4.69, 9.17) is 0 Å². The zero-order valence-electron chi connectivity index (χ0n) is 14.5. The van der Waals surface area contributed by atoms with Crippen LogP contribution in [0.1, 0.15) is 16.8 Å². The van der Waals surface area contributed by atoms with Crippen LogP contribution in [0.25, 0.3) is 11.3 Å². The quantitative estimate of drug-likeness (QED) is 0.733. The Balaban J connectivity index is 1.53. The van der Waals surface area contributed by atoms with Crippen LogP contribution in [0.5, 0.6) is 0 Å². The molecule has 0 unspecified atom stereocenters. The Bertz CT molecular complexity index is 896. The summed E-state index contributed by atoms with van der Waals surface area (Å²) in [6.45, 7) is 1.40. The molecular weight excluding hydrogens is 324 g/mol. The Morgan fingerprint density at radius 3 is 2.54 bits per heavy atom. The fourth-order valence-electron chi connectivity index (χ4n) is 3.42. The van der Waals surface area contributed by atoms with Gasteiger partial charge in [0.1, 0.15) is 6.33 Å². The van der Waals surface area contributed by atoms with Gasteiger partial charge in [-0.05, 0) is 24.1 Å². The standard InChI is InChI=1S/C21H20N4O/c26-20(14-16-4-2-1-3-5-16)25-12-8-18-19(9-13-25)23-15-24-21(18)17-6-10-22-11-7-17/h1-7,10-11,15H,8-9,12-14H2. The van der Waals surface area contributed by atoms with Crippen LogP contribution in [0.15, 0.2) is 61.2 Å². The predicted molar refractivity (Wildman–Crippen MR) is 99.4 cm³/mol. The van der Waals surface area contributed by atoms with E-state index in [1.807, 2.05) is 47.4 Å². The molecule has 0 N–H and O–H groups in total. The van der Waals surface area contributed by atoms with E-state index in [1.165, 1.54) is 0 Å². The van der Waals surface area contributed by atoms with Crippen LogP contribution >= 0.6 is 0 Å². The first kappa shape index (κ1) is 16.4. The molecule has 0 bridgehead atoms. The lowest BCUT2D eigenvalue weighted by atomic mass is 10.0. The molecule has 1 amide bonds. The van der Waals surface area contributed by atoms with Crippen LogP contribution in [0.2, 0.25) is 0 Å². The van der Waals surface area contributed by atoms with Crippen molar-refractivity contribution < 1.29 is 4.79 Å². The third kappa shape index (κ3) is 3.47. The Hall–Kier alpha value is -3.08. The minimum Gasteiger partial charge on any atom is -0.342 e. The number of aromatic nitrogens is 3. The summed E-state index contributed by atoms with van der Waals surface area (Å²) in [5, 5.41) is 0. The molecule has 0 fully saturated rings. The van der Waals surface area contributed by atoms with Crippen molar-refractivity contribution in [2.75, 3.05) is 13.1 Å². The van der Waals surface area contributed by atoms with E-state index in [-0.39, 0.29) is 5.91 Å². The average Bonchev–Trinajstić information content (AvgIpc) is 2.92. The van der Waals surface area contributed by atoms with Crippen LogP contribution in [-0.2, 0) is 24.1 Å². The number of hydrogen-bond donors (Lipinski definition) is 0. The third-order valence-electron chi connectivity index (χ3n) is 4.79. The maximum Gasteiger partial charge on any atom is 0.227 e. The second kappa shape index (κ2) is 7.44. The molecule has 4 rings (SSSR count). The van der Waals surface area contributed by atoms with Crippen LogP contribution in [0.4, 0.5) is 0 Å². The number of nitrogens with zero attached hydrogens (tertiary/aromatic N) is 4. The number of carbonyl (C=O) groups is 1. The molecule has 0 aliphatic carbocycles. The first-order valence-corrected chi connectivity index (χ1v) is 8.86. The maximum atomic E-state index is 12.7. The summed E-state index contributed by atoms with van der Waals surface area (Å²) in [5.74, 6) is 0.169. The van der Waals surface area contributed by atoms with E-state index in [0.29, 0.717) is 19.5 Å². The smallest absolute Gasteiger partial charge is 0.227 e. The van der Waals surface area contributed by atoms with E-state index >= 15 is 0 Å². The van der Waals surface area contributed by atoms with Gasteiger partial charge in [0.25, 0.3) is 0 Å². The van der Waals surface area contributed by atoms with Gasteiger partial charge in [-0.15, -0.1) is 0 Å². The Labute approximate surface area is 152 Å². The van der Waals surface area contributed by atoms with Crippen molar-refractivity contribution >= 4 is 5.91 Å². The predicted octanol–water partition coefficient (Wildman–Crippen LogP) is 2.71. The number of hydrogen-bond acceptors (Lipinski definition) is 4. The molecule has 26 heavy (non-hydrogen) atoms. The van der Waals surface area contributed by atoms with E-state index < -0.39 is 0 Å². The highest BCUT2D eigenvalue weighted by Crippen LogP contribution is 2.25. The van der Waals surface area contributed by atoms with Gasteiger partial charge < -0.3 is 4.90 Å². The number of amides is 1. The van der Waals surface area contributed by atoms with Crippen molar-refractivity contribution in [2.45, 2.75) is 19.3 Å². The highest BCUT2D eigenvalue weighted by molar-refractivity contribution is 5.79. The largest absolute Gasteiger partial charge is 0.342 e. The first-order valence-electron chi connectivity index (χ1n) is 8.86.